The van der Waals surface area contributed by atoms with Crippen LogP contribution in [-0.4, -0.2) is 31.4 Å². The molecule has 4 aromatic rings. The lowest BCUT2D eigenvalue weighted by Crippen LogP contribution is -2.29. The van der Waals surface area contributed by atoms with Crippen molar-refractivity contribution in [2.45, 2.75) is 29.3 Å². The summed E-state index contributed by atoms with van der Waals surface area (Å²) < 4.78 is 80.1. The summed E-state index contributed by atoms with van der Waals surface area (Å²) in [6.07, 6.45) is -3.46. The van der Waals surface area contributed by atoms with Gasteiger partial charge in [0.05, 0.1) is 28.6 Å². The summed E-state index contributed by atoms with van der Waals surface area (Å²) in [6, 6.07) is 10.5. The van der Waals surface area contributed by atoms with Crippen LogP contribution in [-0.2, 0) is 15.4 Å². The summed E-state index contributed by atoms with van der Waals surface area (Å²) in [7, 11) is -2.75. The Morgan fingerprint density at radius 3 is 2.50 bits per heavy atom. The predicted octanol–water partition coefficient (Wildman–Crippen LogP) is 5.04. The molecule has 0 radical (unpaired) electrons. The molecule has 188 valence electrons. The van der Waals surface area contributed by atoms with Crippen LogP contribution in [0.15, 0.2) is 69.0 Å². The lowest BCUT2D eigenvalue weighted by molar-refractivity contribution is -0.160. The number of nitrogens with zero attached hydrogens (tertiary/aromatic N) is 2. The molecule has 2 aromatic heterocycles. The van der Waals surface area contributed by atoms with Crippen molar-refractivity contribution < 1.29 is 30.8 Å². The van der Waals surface area contributed by atoms with Crippen molar-refractivity contribution in [1.82, 2.24) is 9.72 Å². The molecule has 0 unspecified atom stereocenters. The van der Waals surface area contributed by atoms with Gasteiger partial charge in [-0.3, -0.25) is 14.1 Å². The number of sulfonamides is 1. The number of anilines is 1. The molecular weight excluding hydrogens is 523 g/mol. The average molecular weight is 540 g/mol. The minimum absolute atomic E-state index is 0.00757. The number of alkyl halides is 3. The SMILES string of the molecule is COc1cc(C2(C(F)(F)F)CC2)c(Cl)cc1-n1c(=O)ccc2cc(S(=O)(=O)Nc3ccon3)ccc21. The summed E-state index contributed by atoms with van der Waals surface area (Å²) in [6.45, 7) is 0. The highest BCUT2D eigenvalue weighted by atomic mass is 35.5. The fourth-order valence-corrected chi connectivity index (χ4v) is 5.55. The first-order valence-electron chi connectivity index (χ1n) is 10.5. The monoisotopic (exact) mass is 539 g/mol. The van der Waals surface area contributed by atoms with E-state index >= 15 is 0 Å². The maximum absolute atomic E-state index is 13.7. The van der Waals surface area contributed by atoms with Crippen LogP contribution in [0.25, 0.3) is 16.6 Å². The van der Waals surface area contributed by atoms with E-state index in [-0.39, 0.29) is 45.6 Å². The molecule has 8 nitrogen and oxygen atoms in total. The summed E-state index contributed by atoms with van der Waals surface area (Å²) in [5.74, 6) is 0.00995. The molecule has 0 aliphatic heterocycles. The van der Waals surface area contributed by atoms with Crippen molar-refractivity contribution in [3.8, 4) is 11.4 Å². The zero-order chi connectivity index (χ0) is 25.9. The van der Waals surface area contributed by atoms with E-state index in [0.717, 1.165) is 0 Å². The van der Waals surface area contributed by atoms with Crippen molar-refractivity contribution in [1.29, 1.82) is 0 Å². The second kappa shape index (κ2) is 8.27. The number of benzene rings is 2. The Hall–Kier alpha value is -3.51. The van der Waals surface area contributed by atoms with E-state index in [2.05, 4.69) is 14.4 Å². The highest BCUT2D eigenvalue weighted by Gasteiger charge is 2.65. The number of fused-ring (bicyclic) bond motifs is 1. The highest BCUT2D eigenvalue weighted by Crippen LogP contribution is 2.61. The van der Waals surface area contributed by atoms with Crippen molar-refractivity contribution >= 4 is 38.3 Å². The number of halogens is 4. The van der Waals surface area contributed by atoms with Crippen molar-refractivity contribution in [3.63, 3.8) is 0 Å². The van der Waals surface area contributed by atoms with Crippen LogP contribution in [0.5, 0.6) is 5.75 Å². The van der Waals surface area contributed by atoms with E-state index in [4.69, 9.17) is 16.3 Å². The van der Waals surface area contributed by atoms with Crippen LogP contribution in [0.1, 0.15) is 18.4 Å². The molecule has 2 aromatic carbocycles. The van der Waals surface area contributed by atoms with Gasteiger partial charge in [0.1, 0.15) is 12.0 Å². The topological polar surface area (TPSA) is 103 Å². The number of aromatic nitrogens is 2. The van der Waals surface area contributed by atoms with Gasteiger partial charge in [-0.1, -0.05) is 16.8 Å². The van der Waals surface area contributed by atoms with Gasteiger partial charge in [-0.25, -0.2) is 8.42 Å². The average Bonchev–Trinajstić information content (AvgIpc) is 3.49. The van der Waals surface area contributed by atoms with E-state index in [9.17, 15) is 26.4 Å². The second-order valence-corrected chi connectivity index (χ2v) is 10.4. The lowest BCUT2D eigenvalue weighted by atomic mass is 9.94. The number of nitrogens with one attached hydrogen (secondary N) is 1. The molecule has 36 heavy (non-hydrogen) atoms. The Morgan fingerprint density at radius 1 is 1.14 bits per heavy atom. The van der Waals surface area contributed by atoms with Crippen molar-refractivity contribution in [2.75, 3.05) is 11.8 Å². The molecule has 13 heteroatoms. The molecule has 0 saturated heterocycles. The highest BCUT2D eigenvalue weighted by molar-refractivity contribution is 7.92. The number of methoxy groups -OCH3 is 1. The Morgan fingerprint density at radius 2 is 1.89 bits per heavy atom. The third-order valence-corrected chi connectivity index (χ3v) is 7.84. The largest absolute Gasteiger partial charge is 0.495 e. The van der Waals surface area contributed by atoms with Crippen LogP contribution >= 0.6 is 11.6 Å². The smallest absolute Gasteiger partial charge is 0.398 e. The van der Waals surface area contributed by atoms with Gasteiger partial charge in [0.2, 0.25) is 0 Å². The minimum Gasteiger partial charge on any atom is -0.495 e. The van der Waals surface area contributed by atoms with Crippen LogP contribution in [0.3, 0.4) is 0 Å². The second-order valence-electron chi connectivity index (χ2n) is 8.30. The molecule has 0 amide bonds. The normalized spacial score (nSPS) is 15.1. The van der Waals surface area contributed by atoms with Crippen molar-refractivity contribution in [3.05, 3.63) is 75.7 Å². The van der Waals surface area contributed by atoms with E-state index < -0.39 is 27.2 Å². The first-order chi connectivity index (χ1) is 17.0. The van der Waals surface area contributed by atoms with E-state index in [0.29, 0.717) is 10.9 Å². The van der Waals surface area contributed by atoms with Gasteiger partial charge in [-0.15, -0.1) is 0 Å². The Kier molecular flexibility index (Phi) is 5.56. The number of rotatable bonds is 6. The quantitative estimate of drug-likeness (QED) is 0.368. The van der Waals surface area contributed by atoms with Crippen LogP contribution < -0.4 is 15.0 Å². The van der Waals surface area contributed by atoms with E-state index in [1.165, 1.54) is 66.5 Å². The summed E-state index contributed by atoms with van der Waals surface area (Å²) in [5.41, 5.74) is -2.26. The molecule has 0 spiro atoms. The van der Waals surface area contributed by atoms with Gasteiger partial charge in [-0.05, 0) is 54.8 Å². The zero-order valence-corrected chi connectivity index (χ0v) is 20.0. The van der Waals surface area contributed by atoms with Crippen LogP contribution in [0.2, 0.25) is 5.02 Å². The molecule has 2 heterocycles. The summed E-state index contributed by atoms with van der Waals surface area (Å²) in [5, 5.41) is 3.74. The molecule has 5 rings (SSSR count). The minimum atomic E-state index is -4.48. The maximum Gasteiger partial charge on any atom is 0.398 e. The molecule has 1 fully saturated rings. The Bertz CT molecular complexity index is 1650. The van der Waals surface area contributed by atoms with Gasteiger partial charge >= 0.3 is 6.18 Å². The first-order valence-corrected chi connectivity index (χ1v) is 12.4. The van der Waals surface area contributed by atoms with E-state index in [1.54, 1.807) is 0 Å². The molecule has 1 saturated carbocycles. The fraction of sp³-hybridized carbons (Fsp3) is 0.217. The number of ether oxygens (including phenoxy) is 1. The van der Waals surface area contributed by atoms with Gasteiger partial charge in [0, 0.05) is 22.5 Å². The Balaban J connectivity index is 1.64. The molecule has 0 bridgehead atoms. The molecule has 0 atom stereocenters. The third kappa shape index (κ3) is 3.90. The molecule has 1 aliphatic rings. The lowest BCUT2D eigenvalue weighted by Gasteiger charge is -2.23. The van der Waals surface area contributed by atoms with Gasteiger partial charge < -0.3 is 9.26 Å². The summed E-state index contributed by atoms with van der Waals surface area (Å²) in [4.78, 5) is 12.8. The maximum atomic E-state index is 13.7. The Labute approximate surface area is 207 Å². The van der Waals surface area contributed by atoms with Crippen LogP contribution in [0.4, 0.5) is 19.0 Å². The van der Waals surface area contributed by atoms with E-state index in [1.807, 2.05) is 0 Å². The van der Waals surface area contributed by atoms with Gasteiger partial charge in [-0.2, -0.15) is 13.2 Å². The van der Waals surface area contributed by atoms with Gasteiger partial charge in [0.15, 0.2) is 5.82 Å². The summed E-state index contributed by atoms with van der Waals surface area (Å²) >= 11 is 6.32. The zero-order valence-electron chi connectivity index (χ0n) is 18.5. The fourth-order valence-electron chi connectivity index (χ4n) is 4.18. The van der Waals surface area contributed by atoms with Crippen molar-refractivity contribution in [2.24, 2.45) is 0 Å². The predicted molar refractivity (Wildman–Crippen MR) is 125 cm³/mol. The number of hydrogen-bond acceptors (Lipinski definition) is 6. The molecule has 1 N–H and O–H groups in total. The number of hydrogen-bond donors (Lipinski definition) is 1. The first kappa shape index (κ1) is 24.2. The molecule has 1 aliphatic carbocycles. The molecular formula is C23H17ClF3N3O5S. The number of pyridine rings is 1. The van der Waals surface area contributed by atoms with Crippen LogP contribution in [0, 0.1) is 0 Å². The standard InChI is InChI=1S/C23H17ClF3N3O5S/c1-34-19-11-15(22(7-8-22)23(25,26)27)16(24)12-18(19)30-17-4-3-14(10-13(17)2-5-21(30)31)36(32,33)29-20-6-9-35-28-20/h2-6,9-12H,7-8H2,1H3,(H,28,29). The van der Waals surface area contributed by atoms with Gasteiger partial charge in [0.25, 0.3) is 15.6 Å². The third-order valence-electron chi connectivity index (χ3n) is 6.17.